The van der Waals surface area contributed by atoms with Gasteiger partial charge < -0.3 is 4.57 Å². The van der Waals surface area contributed by atoms with Crippen LogP contribution in [0.1, 0.15) is 11.8 Å². The fourth-order valence-corrected chi connectivity index (χ4v) is 3.85. The van der Waals surface area contributed by atoms with E-state index in [2.05, 4.69) is 4.99 Å². The number of thiazole rings is 1. The molecule has 1 aromatic carbocycles. The zero-order valence-electron chi connectivity index (χ0n) is 11.8. The number of fused-ring (bicyclic) bond motifs is 1. The van der Waals surface area contributed by atoms with E-state index in [4.69, 9.17) is 0 Å². The number of carbonyl (C=O) groups is 1. The SMILES string of the molecule is CCn1c(=NC(=O)/C=C/c2cccs2)sc2cc(F)ccc21. The highest BCUT2D eigenvalue weighted by molar-refractivity contribution is 7.16. The second-order valence-corrected chi connectivity index (χ2v) is 6.53. The van der Waals surface area contributed by atoms with Crippen molar-refractivity contribution in [2.24, 2.45) is 4.99 Å². The molecule has 0 bridgehead atoms. The monoisotopic (exact) mass is 332 g/mol. The van der Waals surface area contributed by atoms with Crippen LogP contribution in [0.5, 0.6) is 0 Å². The van der Waals surface area contributed by atoms with Crippen LogP contribution in [0.4, 0.5) is 4.39 Å². The molecule has 22 heavy (non-hydrogen) atoms. The number of benzene rings is 1. The molecule has 3 rings (SSSR count). The number of aryl methyl sites for hydroxylation is 1. The Morgan fingerprint density at radius 2 is 2.27 bits per heavy atom. The van der Waals surface area contributed by atoms with Crippen LogP contribution in [-0.2, 0) is 11.3 Å². The summed E-state index contributed by atoms with van der Waals surface area (Å²) in [5.41, 5.74) is 0.891. The van der Waals surface area contributed by atoms with Crippen molar-refractivity contribution in [1.82, 2.24) is 4.57 Å². The van der Waals surface area contributed by atoms with Gasteiger partial charge in [-0.2, -0.15) is 4.99 Å². The van der Waals surface area contributed by atoms with Gasteiger partial charge in [0.05, 0.1) is 10.2 Å². The second-order valence-electron chi connectivity index (χ2n) is 4.54. The first kappa shape index (κ1) is 14.9. The van der Waals surface area contributed by atoms with Crippen LogP contribution >= 0.6 is 22.7 Å². The Hall–Kier alpha value is -2.05. The molecule has 2 aromatic heterocycles. The number of hydrogen-bond acceptors (Lipinski definition) is 3. The third-order valence-corrected chi connectivity index (χ3v) is 4.98. The second kappa shape index (κ2) is 6.37. The molecule has 1 amide bonds. The predicted molar refractivity (Wildman–Crippen MR) is 89.4 cm³/mol. The van der Waals surface area contributed by atoms with E-state index in [-0.39, 0.29) is 11.7 Å². The van der Waals surface area contributed by atoms with Crippen LogP contribution in [0.2, 0.25) is 0 Å². The molecule has 0 spiro atoms. The molecular formula is C16H13FN2OS2. The van der Waals surface area contributed by atoms with Gasteiger partial charge in [-0.05, 0) is 42.6 Å². The quantitative estimate of drug-likeness (QED) is 0.666. The van der Waals surface area contributed by atoms with Crippen molar-refractivity contribution in [2.75, 3.05) is 0 Å². The fourth-order valence-electron chi connectivity index (χ4n) is 2.11. The summed E-state index contributed by atoms with van der Waals surface area (Å²) in [5, 5.41) is 1.95. The molecule has 0 saturated heterocycles. The number of thiophene rings is 1. The van der Waals surface area contributed by atoms with Gasteiger partial charge in [0, 0.05) is 17.5 Å². The number of rotatable bonds is 3. The van der Waals surface area contributed by atoms with Crippen LogP contribution in [0.15, 0.2) is 46.8 Å². The van der Waals surface area contributed by atoms with Gasteiger partial charge in [-0.1, -0.05) is 17.4 Å². The Kier molecular flexibility index (Phi) is 4.31. The zero-order chi connectivity index (χ0) is 15.5. The number of halogens is 1. The lowest BCUT2D eigenvalue weighted by molar-refractivity contribution is -0.113. The van der Waals surface area contributed by atoms with Crippen molar-refractivity contribution in [3.05, 3.63) is 57.3 Å². The highest BCUT2D eigenvalue weighted by Crippen LogP contribution is 2.18. The molecule has 3 aromatic rings. The normalized spacial score (nSPS) is 12.5. The maximum atomic E-state index is 13.3. The number of hydrogen-bond donors (Lipinski definition) is 0. The summed E-state index contributed by atoms with van der Waals surface area (Å²) in [5.74, 6) is -0.602. The smallest absolute Gasteiger partial charge is 0.272 e. The first-order valence-electron chi connectivity index (χ1n) is 6.76. The third kappa shape index (κ3) is 3.08. The number of carbonyl (C=O) groups excluding carboxylic acids is 1. The van der Waals surface area contributed by atoms with Crippen LogP contribution in [0.3, 0.4) is 0 Å². The molecule has 112 valence electrons. The minimum absolute atomic E-state index is 0.285. The lowest BCUT2D eigenvalue weighted by Crippen LogP contribution is -2.15. The zero-order valence-corrected chi connectivity index (χ0v) is 13.5. The predicted octanol–water partition coefficient (Wildman–Crippen LogP) is 4.06. The van der Waals surface area contributed by atoms with Crippen molar-refractivity contribution in [3.63, 3.8) is 0 Å². The molecule has 2 heterocycles. The van der Waals surface area contributed by atoms with E-state index >= 15 is 0 Å². The Morgan fingerprint density at radius 1 is 1.41 bits per heavy atom. The summed E-state index contributed by atoms with van der Waals surface area (Å²) < 4.78 is 16.0. The van der Waals surface area contributed by atoms with Gasteiger partial charge in [-0.15, -0.1) is 11.3 Å². The summed E-state index contributed by atoms with van der Waals surface area (Å²) >= 11 is 2.88. The van der Waals surface area contributed by atoms with E-state index in [1.54, 1.807) is 23.5 Å². The summed E-state index contributed by atoms with van der Waals surface area (Å²) in [7, 11) is 0. The Labute approximate surface area is 134 Å². The molecule has 0 radical (unpaired) electrons. The molecule has 0 saturated carbocycles. The lowest BCUT2D eigenvalue weighted by atomic mass is 10.3. The van der Waals surface area contributed by atoms with Crippen LogP contribution in [-0.4, -0.2) is 10.5 Å². The van der Waals surface area contributed by atoms with E-state index in [1.165, 1.54) is 29.5 Å². The molecule has 0 fully saturated rings. The minimum Gasteiger partial charge on any atom is -0.317 e. The first-order valence-corrected chi connectivity index (χ1v) is 8.46. The van der Waals surface area contributed by atoms with E-state index in [0.717, 1.165) is 15.1 Å². The van der Waals surface area contributed by atoms with Crippen LogP contribution in [0, 0.1) is 5.82 Å². The van der Waals surface area contributed by atoms with Crippen molar-refractivity contribution in [3.8, 4) is 0 Å². The highest BCUT2D eigenvalue weighted by atomic mass is 32.1. The number of nitrogens with zero attached hydrogens (tertiary/aromatic N) is 2. The molecule has 0 aliphatic carbocycles. The van der Waals surface area contributed by atoms with Gasteiger partial charge in [0.2, 0.25) is 0 Å². The van der Waals surface area contributed by atoms with Gasteiger partial charge in [0.25, 0.3) is 5.91 Å². The molecular weight excluding hydrogens is 319 g/mol. The third-order valence-electron chi connectivity index (χ3n) is 3.10. The molecule has 6 heteroatoms. The largest absolute Gasteiger partial charge is 0.317 e. The summed E-state index contributed by atoms with van der Waals surface area (Å²) in [6.07, 6.45) is 3.20. The summed E-state index contributed by atoms with van der Waals surface area (Å²) in [6, 6.07) is 8.47. The van der Waals surface area contributed by atoms with E-state index in [9.17, 15) is 9.18 Å². The van der Waals surface area contributed by atoms with E-state index < -0.39 is 0 Å². The molecule has 3 nitrogen and oxygen atoms in total. The Morgan fingerprint density at radius 3 is 3.00 bits per heavy atom. The average molecular weight is 332 g/mol. The topological polar surface area (TPSA) is 34.4 Å². The molecule has 0 N–H and O–H groups in total. The van der Waals surface area contributed by atoms with Crippen LogP contribution < -0.4 is 4.80 Å². The molecule has 0 aliphatic rings. The van der Waals surface area contributed by atoms with E-state index in [0.29, 0.717) is 11.3 Å². The molecule has 0 atom stereocenters. The van der Waals surface area contributed by atoms with Gasteiger partial charge >= 0.3 is 0 Å². The van der Waals surface area contributed by atoms with Crippen molar-refractivity contribution >= 4 is 44.9 Å². The van der Waals surface area contributed by atoms with Crippen molar-refractivity contribution in [2.45, 2.75) is 13.5 Å². The molecule has 0 aliphatic heterocycles. The summed E-state index contributed by atoms with van der Waals surface area (Å²) in [4.78, 5) is 17.7. The van der Waals surface area contributed by atoms with Crippen LogP contribution in [0.25, 0.3) is 16.3 Å². The first-order chi connectivity index (χ1) is 10.7. The maximum Gasteiger partial charge on any atom is 0.272 e. The van der Waals surface area contributed by atoms with Crippen molar-refractivity contribution < 1.29 is 9.18 Å². The Bertz CT molecular complexity index is 904. The Balaban J connectivity index is 1.99. The average Bonchev–Trinajstić information content (AvgIpc) is 3.11. The summed E-state index contributed by atoms with van der Waals surface area (Å²) in [6.45, 7) is 2.65. The highest BCUT2D eigenvalue weighted by Gasteiger charge is 2.06. The van der Waals surface area contributed by atoms with Gasteiger partial charge in [0.15, 0.2) is 4.80 Å². The minimum atomic E-state index is -0.317. The standard InChI is InChI=1S/C16H13FN2OS2/c1-2-19-13-7-5-11(17)10-14(13)22-16(19)18-15(20)8-6-12-4-3-9-21-12/h3-10H,2H2,1H3/b8-6+,18-16?. The van der Waals surface area contributed by atoms with Gasteiger partial charge in [-0.25, -0.2) is 4.39 Å². The van der Waals surface area contributed by atoms with Crippen molar-refractivity contribution in [1.29, 1.82) is 0 Å². The maximum absolute atomic E-state index is 13.3. The van der Waals surface area contributed by atoms with Gasteiger partial charge in [-0.3, -0.25) is 4.79 Å². The van der Waals surface area contributed by atoms with E-state index in [1.807, 2.05) is 29.0 Å². The lowest BCUT2D eigenvalue weighted by Gasteiger charge is -1.99. The van der Waals surface area contributed by atoms with Gasteiger partial charge in [0.1, 0.15) is 5.82 Å². The number of aromatic nitrogens is 1. The molecule has 0 unspecified atom stereocenters. The fraction of sp³-hybridized carbons (Fsp3) is 0.125. The number of amides is 1.